The van der Waals surface area contributed by atoms with Crippen molar-refractivity contribution in [1.82, 2.24) is 0 Å². The number of carbonyl (C=O) groups is 3. The van der Waals surface area contributed by atoms with Gasteiger partial charge < -0.3 is 4.74 Å². The van der Waals surface area contributed by atoms with Crippen molar-refractivity contribution in [2.24, 2.45) is 28.6 Å². The number of rotatable bonds is 6. The molecule has 0 aromatic rings. The van der Waals surface area contributed by atoms with Crippen molar-refractivity contribution < 1.29 is 19.1 Å². The molecule has 0 aromatic heterocycles. The SMILES string of the molecule is CCCCCC(=O)O[C@]1(C(C)=O)CCC2C3CCC4=CC(=O)CCC4(C)C3CCC21C. The molecule has 0 N–H and O–H groups in total. The lowest BCUT2D eigenvalue weighted by Crippen LogP contribution is -2.58. The van der Waals surface area contributed by atoms with Crippen LogP contribution in [0.15, 0.2) is 11.6 Å². The summed E-state index contributed by atoms with van der Waals surface area (Å²) in [5.74, 6) is 1.66. The number of ether oxygens (including phenoxy) is 1. The fraction of sp³-hybridized carbons (Fsp3) is 0.815. The molecule has 0 radical (unpaired) electrons. The van der Waals surface area contributed by atoms with Crippen LogP contribution in [-0.2, 0) is 19.1 Å². The Kier molecular flexibility index (Phi) is 5.98. The van der Waals surface area contributed by atoms with Crippen molar-refractivity contribution in [2.45, 2.75) is 110 Å². The summed E-state index contributed by atoms with van der Waals surface area (Å²) in [5, 5.41) is 0. The van der Waals surface area contributed by atoms with Gasteiger partial charge in [-0.05, 0) is 87.5 Å². The first-order chi connectivity index (χ1) is 14.7. The smallest absolute Gasteiger partial charge is 0.306 e. The molecule has 0 spiro atoms. The summed E-state index contributed by atoms with van der Waals surface area (Å²) in [7, 11) is 0. The highest BCUT2D eigenvalue weighted by Gasteiger charge is 2.67. The topological polar surface area (TPSA) is 60.4 Å². The third kappa shape index (κ3) is 3.43. The molecule has 0 heterocycles. The first-order valence-corrected chi connectivity index (χ1v) is 12.6. The second-order valence-corrected chi connectivity index (χ2v) is 11.3. The Balaban J connectivity index is 1.59. The molecule has 3 fully saturated rings. The minimum Gasteiger partial charge on any atom is -0.450 e. The second kappa shape index (κ2) is 8.15. The zero-order chi connectivity index (χ0) is 22.4. The monoisotopic (exact) mass is 428 g/mol. The molecule has 4 rings (SSSR count). The lowest BCUT2D eigenvalue weighted by Gasteiger charge is -2.59. The maximum Gasteiger partial charge on any atom is 0.306 e. The molecule has 5 unspecified atom stereocenters. The number of fused-ring (bicyclic) bond motifs is 5. The minimum absolute atomic E-state index is 0.0330. The summed E-state index contributed by atoms with van der Waals surface area (Å²) >= 11 is 0. The van der Waals surface area contributed by atoms with Crippen LogP contribution in [0.4, 0.5) is 0 Å². The van der Waals surface area contributed by atoms with E-state index in [1.165, 1.54) is 5.57 Å². The number of hydrogen-bond acceptors (Lipinski definition) is 4. The van der Waals surface area contributed by atoms with Crippen molar-refractivity contribution in [1.29, 1.82) is 0 Å². The summed E-state index contributed by atoms with van der Waals surface area (Å²) in [6.45, 7) is 8.37. The zero-order valence-electron chi connectivity index (χ0n) is 19.9. The van der Waals surface area contributed by atoms with Gasteiger partial charge in [0, 0.05) is 18.3 Å². The number of ketones is 2. The van der Waals surface area contributed by atoms with Crippen LogP contribution in [0.2, 0.25) is 0 Å². The Morgan fingerprint density at radius 3 is 2.48 bits per heavy atom. The van der Waals surface area contributed by atoms with Gasteiger partial charge in [0.25, 0.3) is 0 Å². The van der Waals surface area contributed by atoms with Crippen LogP contribution in [0.1, 0.15) is 105 Å². The van der Waals surface area contributed by atoms with E-state index in [4.69, 9.17) is 4.74 Å². The van der Waals surface area contributed by atoms with E-state index >= 15 is 0 Å². The van der Waals surface area contributed by atoms with Gasteiger partial charge in [-0.3, -0.25) is 14.4 Å². The van der Waals surface area contributed by atoms with Gasteiger partial charge in [0.2, 0.25) is 0 Å². The largest absolute Gasteiger partial charge is 0.450 e. The average molecular weight is 429 g/mol. The van der Waals surface area contributed by atoms with Crippen LogP contribution in [0.5, 0.6) is 0 Å². The molecule has 4 aliphatic carbocycles. The number of unbranched alkanes of at least 4 members (excludes halogenated alkanes) is 2. The van der Waals surface area contributed by atoms with E-state index in [0.29, 0.717) is 37.0 Å². The molecule has 4 heteroatoms. The van der Waals surface area contributed by atoms with E-state index in [1.807, 2.05) is 6.08 Å². The van der Waals surface area contributed by atoms with Crippen LogP contribution < -0.4 is 0 Å². The normalized spacial score (nSPS) is 41.6. The van der Waals surface area contributed by atoms with Crippen molar-refractivity contribution >= 4 is 17.5 Å². The van der Waals surface area contributed by atoms with Gasteiger partial charge in [-0.1, -0.05) is 39.2 Å². The Labute approximate surface area is 187 Å². The third-order valence-corrected chi connectivity index (χ3v) is 9.92. The summed E-state index contributed by atoms with van der Waals surface area (Å²) in [4.78, 5) is 37.8. The van der Waals surface area contributed by atoms with Crippen LogP contribution in [0, 0.1) is 28.6 Å². The molecule has 4 nitrogen and oxygen atoms in total. The van der Waals surface area contributed by atoms with Crippen LogP contribution in [-0.4, -0.2) is 23.1 Å². The lowest BCUT2D eigenvalue weighted by molar-refractivity contribution is -0.189. The van der Waals surface area contributed by atoms with Gasteiger partial charge in [0.1, 0.15) is 0 Å². The molecular formula is C27H40O4. The number of allylic oxidation sites excluding steroid dienone is 1. The molecule has 0 amide bonds. The molecule has 0 aliphatic heterocycles. The highest BCUT2D eigenvalue weighted by molar-refractivity contribution is 5.91. The Bertz CT molecular complexity index is 797. The summed E-state index contributed by atoms with van der Waals surface area (Å²) < 4.78 is 6.16. The van der Waals surface area contributed by atoms with Crippen molar-refractivity contribution in [3.05, 3.63) is 11.6 Å². The fourth-order valence-electron chi connectivity index (χ4n) is 8.14. The second-order valence-electron chi connectivity index (χ2n) is 11.3. The molecule has 6 atom stereocenters. The molecule has 31 heavy (non-hydrogen) atoms. The van der Waals surface area contributed by atoms with Gasteiger partial charge in [-0.2, -0.15) is 0 Å². The minimum atomic E-state index is -0.953. The predicted molar refractivity (Wildman–Crippen MR) is 120 cm³/mol. The molecular weight excluding hydrogens is 388 g/mol. The maximum absolute atomic E-state index is 13.1. The van der Waals surface area contributed by atoms with E-state index in [9.17, 15) is 14.4 Å². The summed E-state index contributed by atoms with van der Waals surface area (Å²) in [6.07, 6.45) is 12.6. The van der Waals surface area contributed by atoms with E-state index in [2.05, 4.69) is 20.8 Å². The fourth-order valence-corrected chi connectivity index (χ4v) is 8.14. The van der Waals surface area contributed by atoms with Gasteiger partial charge in [0.15, 0.2) is 17.2 Å². The standard InChI is InChI=1S/C27H40O4/c1-5-6-7-8-24(30)31-27(18(2)28)16-13-23-21-10-9-19-17-20(29)11-14-25(19,3)22(21)12-15-26(23,27)4/h17,21-23H,5-16H2,1-4H3/t21?,22?,23?,25?,26?,27-/m0/s1. The summed E-state index contributed by atoms with van der Waals surface area (Å²) in [5.41, 5.74) is 0.261. The first kappa shape index (κ1) is 22.7. The van der Waals surface area contributed by atoms with Crippen molar-refractivity contribution in [3.63, 3.8) is 0 Å². The quantitative estimate of drug-likeness (QED) is 0.386. The van der Waals surface area contributed by atoms with Crippen LogP contribution in [0.25, 0.3) is 0 Å². The average Bonchev–Trinajstić information content (AvgIpc) is 3.02. The number of carbonyl (C=O) groups excluding carboxylic acids is 3. The highest BCUT2D eigenvalue weighted by atomic mass is 16.6. The highest BCUT2D eigenvalue weighted by Crippen LogP contribution is 2.68. The van der Waals surface area contributed by atoms with E-state index in [0.717, 1.165) is 57.8 Å². The van der Waals surface area contributed by atoms with Gasteiger partial charge in [0.05, 0.1) is 0 Å². The van der Waals surface area contributed by atoms with Crippen LogP contribution >= 0.6 is 0 Å². The van der Waals surface area contributed by atoms with E-state index in [1.54, 1.807) is 6.92 Å². The predicted octanol–water partition coefficient (Wildman–Crippen LogP) is 5.97. The Morgan fingerprint density at radius 1 is 1.03 bits per heavy atom. The molecule has 4 aliphatic rings. The number of esters is 1. The molecule has 172 valence electrons. The molecule has 0 bridgehead atoms. The van der Waals surface area contributed by atoms with Gasteiger partial charge in [-0.15, -0.1) is 0 Å². The molecule has 0 aromatic carbocycles. The van der Waals surface area contributed by atoms with Gasteiger partial charge >= 0.3 is 5.97 Å². The van der Waals surface area contributed by atoms with Crippen molar-refractivity contribution in [2.75, 3.05) is 0 Å². The Hall–Kier alpha value is -1.45. The Morgan fingerprint density at radius 2 is 1.77 bits per heavy atom. The molecule has 0 saturated heterocycles. The molecule has 3 saturated carbocycles. The van der Waals surface area contributed by atoms with E-state index in [-0.39, 0.29) is 28.4 Å². The van der Waals surface area contributed by atoms with Gasteiger partial charge in [-0.25, -0.2) is 0 Å². The van der Waals surface area contributed by atoms with Crippen molar-refractivity contribution in [3.8, 4) is 0 Å². The van der Waals surface area contributed by atoms with E-state index < -0.39 is 5.60 Å². The number of hydrogen-bond donors (Lipinski definition) is 0. The first-order valence-electron chi connectivity index (χ1n) is 12.6. The third-order valence-electron chi connectivity index (χ3n) is 9.92. The summed E-state index contributed by atoms with van der Waals surface area (Å²) in [6, 6.07) is 0. The number of Topliss-reactive ketones (excluding diaryl/α,β-unsaturated/α-hetero) is 1. The van der Waals surface area contributed by atoms with Crippen LogP contribution in [0.3, 0.4) is 0 Å². The zero-order valence-corrected chi connectivity index (χ0v) is 19.9. The maximum atomic E-state index is 13.1. The lowest BCUT2D eigenvalue weighted by atomic mass is 9.46.